The summed E-state index contributed by atoms with van der Waals surface area (Å²) in [6, 6.07) is 14.6. The van der Waals surface area contributed by atoms with E-state index in [1.807, 2.05) is 24.3 Å². The second-order valence-corrected chi connectivity index (χ2v) is 7.24. The number of Topliss-reactive ketones (excluding diaryl/α,β-unsaturated/α-hetero) is 1. The van der Waals surface area contributed by atoms with Gasteiger partial charge >= 0.3 is 0 Å². The van der Waals surface area contributed by atoms with Gasteiger partial charge in [0, 0.05) is 16.7 Å². The van der Waals surface area contributed by atoms with Crippen molar-refractivity contribution in [3.05, 3.63) is 70.9 Å². The zero-order valence-corrected chi connectivity index (χ0v) is 15.6. The van der Waals surface area contributed by atoms with Crippen LogP contribution < -0.4 is 11.1 Å². The minimum absolute atomic E-state index is 0.0588. The monoisotopic (exact) mass is 362 g/mol. The minimum atomic E-state index is -0.670. The van der Waals surface area contributed by atoms with Crippen LogP contribution in [-0.4, -0.2) is 17.2 Å². The maximum absolute atomic E-state index is 12.1. The number of azo groups is 1. The normalized spacial score (nSPS) is 17.1. The zero-order chi connectivity index (χ0) is 19.6. The van der Waals surface area contributed by atoms with Crippen LogP contribution in [0.1, 0.15) is 42.3 Å². The van der Waals surface area contributed by atoms with Crippen molar-refractivity contribution in [2.24, 2.45) is 16.0 Å². The number of rotatable bonds is 4. The van der Waals surface area contributed by atoms with E-state index in [0.29, 0.717) is 16.9 Å². The van der Waals surface area contributed by atoms with Gasteiger partial charge in [0.25, 0.3) is 5.91 Å². The number of nitrogens with two attached hydrogens (primary N) is 1. The summed E-state index contributed by atoms with van der Waals surface area (Å²) in [5.74, 6) is -0.735. The summed E-state index contributed by atoms with van der Waals surface area (Å²) in [4.78, 5) is 23.7. The highest BCUT2D eigenvalue weighted by atomic mass is 16.1. The van der Waals surface area contributed by atoms with Crippen LogP contribution in [-0.2, 0) is 11.2 Å². The lowest BCUT2D eigenvalue weighted by molar-refractivity contribution is -0.114. The quantitative estimate of drug-likeness (QED) is 0.492. The zero-order valence-electron chi connectivity index (χ0n) is 15.6. The molecule has 0 saturated carbocycles. The van der Waals surface area contributed by atoms with E-state index in [1.54, 1.807) is 24.3 Å². The first-order chi connectivity index (χ1) is 12.8. The van der Waals surface area contributed by atoms with Crippen molar-refractivity contribution >= 4 is 23.1 Å². The van der Waals surface area contributed by atoms with Crippen LogP contribution in [0.3, 0.4) is 0 Å². The minimum Gasteiger partial charge on any atom is -0.377 e. The van der Waals surface area contributed by atoms with Crippen molar-refractivity contribution in [3.8, 4) is 0 Å². The highest BCUT2D eigenvalue weighted by Crippen LogP contribution is 2.32. The first-order valence-corrected chi connectivity index (χ1v) is 8.70. The van der Waals surface area contributed by atoms with E-state index in [1.165, 1.54) is 6.92 Å². The van der Waals surface area contributed by atoms with Crippen LogP contribution in [0.2, 0.25) is 0 Å². The Hall–Kier alpha value is -3.28. The van der Waals surface area contributed by atoms with Crippen LogP contribution in [0, 0.1) is 0 Å². The summed E-state index contributed by atoms with van der Waals surface area (Å²) in [5.41, 5.74) is 9.00. The Balaban J connectivity index is 2.09. The molecule has 27 heavy (non-hydrogen) atoms. The summed E-state index contributed by atoms with van der Waals surface area (Å²) in [7, 11) is 0. The van der Waals surface area contributed by atoms with Gasteiger partial charge in [0.15, 0.2) is 11.5 Å². The van der Waals surface area contributed by atoms with Gasteiger partial charge in [-0.2, -0.15) is 5.11 Å². The van der Waals surface area contributed by atoms with Gasteiger partial charge in [-0.05, 0) is 44.9 Å². The summed E-state index contributed by atoms with van der Waals surface area (Å²) in [6.07, 6.45) is 0.816. The Labute approximate surface area is 158 Å². The SMILES string of the molecule is CC(=O)c1cccc(/N=N/C(C(N)=O)=C2\NC(C)(C)Cc3ccccc32)c1. The average Bonchev–Trinajstić information content (AvgIpc) is 2.60. The van der Waals surface area contributed by atoms with Gasteiger partial charge in [-0.3, -0.25) is 9.59 Å². The Morgan fingerprint density at radius 2 is 1.85 bits per heavy atom. The number of nitrogens with one attached hydrogen (secondary N) is 1. The lowest BCUT2D eigenvalue weighted by Gasteiger charge is -2.35. The molecule has 3 rings (SSSR count). The molecule has 1 aliphatic heterocycles. The molecule has 6 nitrogen and oxygen atoms in total. The van der Waals surface area contributed by atoms with Crippen molar-refractivity contribution in [3.63, 3.8) is 0 Å². The fraction of sp³-hybridized carbons (Fsp3) is 0.238. The van der Waals surface area contributed by atoms with Gasteiger partial charge < -0.3 is 11.1 Å². The average molecular weight is 362 g/mol. The van der Waals surface area contributed by atoms with E-state index in [9.17, 15) is 9.59 Å². The number of hydrogen-bond acceptors (Lipinski definition) is 5. The molecule has 0 atom stereocenters. The predicted molar refractivity (Wildman–Crippen MR) is 104 cm³/mol. The van der Waals surface area contributed by atoms with Gasteiger partial charge in [-0.25, -0.2) is 0 Å². The van der Waals surface area contributed by atoms with E-state index >= 15 is 0 Å². The Morgan fingerprint density at radius 3 is 2.56 bits per heavy atom. The van der Waals surface area contributed by atoms with E-state index < -0.39 is 5.91 Å². The molecule has 0 fully saturated rings. The maximum atomic E-state index is 12.1. The number of amides is 1. The second-order valence-electron chi connectivity index (χ2n) is 7.24. The van der Waals surface area contributed by atoms with Crippen LogP contribution in [0.4, 0.5) is 5.69 Å². The number of primary amides is 1. The van der Waals surface area contributed by atoms with E-state index in [0.717, 1.165) is 17.5 Å². The number of fused-ring (bicyclic) bond motifs is 1. The smallest absolute Gasteiger partial charge is 0.271 e. The third kappa shape index (κ3) is 4.11. The summed E-state index contributed by atoms with van der Waals surface area (Å²) in [6.45, 7) is 5.59. The standard InChI is InChI=1S/C21H22N4O2/c1-13(26)14-8-6-9-16(11-14)24-25-19(20(22)27)18-17-10-5-4-7-15(17)12-21(2,3)23-18/h4-11,23H,12H2,1-3H3,(H2,22,27)/b19-18-,25-24+. The summed E-state index contributed by atoms with van der Waals surface area (Å²) < 4.78 is 0. The molecule has 0 aromatic heterocycles. The lowest BCUT2D eigenvalue weighted by Crippen LogP contribution is -2.44. The molecular formula is C21H22N4O2. The first kappa shape index (κ1) is 18.5. The molecule has 0 saturated heterocycles. The van der Waals surface area contributed by atoms with Crippen LogP contribution >= 0.6 is 0 Å². The summed E-state index contributed by atoms with van der Waals surface area (Å²) in [5, 5.41) is 11.6. The van der Waals surface area contributed by atoms with Gasteiger partial charge in [0.05, 0.1) is 11.4 Å². The second kappa shape index (κ2) is 7.15. The molecule has 1 amide bonds. The molecule has 0 aliphatic carbocycles. The Morgan fingerprint density at radius 1 is 1.11 bits per heavy atom. The molecular weight excluding hydrogens is 340 g/mol. The highest BCUT2D eigenvalue weighted by Gasteiger charge is 2.30. The Bertz CT molecular complexity index is 974. The fourth-order valence-electron chi connectivity index (χ4n) is 3.15. The third-order valence-corrected chi connectivity index (χ3v) is 4.37. The largest absolute Gasteiger partial charge is 0.377 e. The topological polar surface area (TPSA) is 96.9 Å². The van der Waals surface area contributed by atoms with Crippen molar-refractivity contribution < 1.29 is 9.59 Å². The van der Waals surface area contributed by atoms with Gasteiger partial charge in [-0.1, -0.05) is 36.4 Å². The molecule has 2 aromatic carbocycles. The predicted octanol–water partition coefficient (Wildman–Crippen LogP) is 3.75. The molecule has 3 N–H and O–H groups in total. The number of carbonyl (C=O) groups excluding carboxylic acids is 2. The lowest BCUT2D eigenvalue weighted by atomic mass is 9.85. The summed E-state index contributed by atoms with van der Waals surface area (Å²) >= 11 is 0. The fourth-order valence-corrected chi connectivity index (χ4v) is 3.15. The van der Waals surface area contributed by atoms with E-state index in [-0.39, 0.29) is 17.0 Å². The van der Waals surface area contributed by atoms with Crippen molar-refractivity contribution in [2.45, 2.75) is 32.7 Å². The molecule has 2 aromatic rings. The number of nitrogens with zero attached hydrogens (tertiary/aromatic N) is 2. The van der Waals surface area contributed by atoms with Gasteiger partial charge in [0.2, 0.25) is 0 Å². The molecule has 0 radical (unpaired) electrons. The van der Waals surface area contributed by atoms with Gasteiger partial charge in [-0.15, -0.1) is 5.11 Å². The van der Waals surface area contributed by atoms with Crippen molar-refractivity contribution in [1.82, 2.24) is 5.32 Å². The molecule has 0 spiro atoms. The van der Waals surface area contributed by atoms with E-state index in [4.69, 9.17) is 5.73 Å². The van der Waals surface area contributed by atoms with Crippen LogP contribution in [0.5, 0.6) is 0 Å². The third-order valence-electron chi connectivity index (χ3n) is 4.37. The number of carbonyl (C=O) groups is 2. The van der Waals surface area contributed by atoms with Gasteiger partial charge in [0.1, 0.15) is 0 Å². The van der Waals surface area contributed by atoms with E-state index in [2.05, 4.69) is 29.4 Å². The molecule has 1 heterocycles. The van der Waals surface area contributed by atoms with Crippen molar-refractivity contribution in [1.29, 1.82) is 0 Å². The molecule has 138 valence electrons. The number of hydrogen-bond donors (Lipinski definition) is 2. The molecule has 0 bridgehead atoms. The molecule has 1 aliphatic rings. The molecule has 6 heteroatoms. The first-order valence-electron chi connectivity index (χ1n) is 8.70. The number of benzene rings is 2. The Kier molecular flexibility index (Phi) is 4.90. The number of ketones is 1. The highest BCUT2D eigenvalue weighted by molar-refractivity contribution is 6.00. The van der Waals surface area contributed by atoms with Crippen LogP contribution in [0.25, 0.3) is 5.70 Å². The van der Waals surface area contributed by atoms with Crippen LogP contribution in [0.15, 0.2) is 64.5 Å². The molecule has 0 unspecified atom stereocenters. The van der Waals surface area contributed by atoms with Crippen molar-refractivity contribution in [2.75, 3.05) is 0 Å². The maximum Gasteiger partial charge on any atom is 0.271 e.